The van der Waals surface area contributed by atoms with Crippen molar-refractivity contribution < 1.29 is 22.4 Å². The fraction of sp³-hybridized carbons (Fsp3) is 0.312. The summed E-state index contributed by atoms with van der Waals surface area (Å²) in [7, 11) is 0. The minimum absolute atomic E-state index is 0.00112. The highest BCUT2D eigenvalue weighted by atomic mass is 19.4. The third kappa shape index (κ3) is 3.37. The van der Waals surface area contributed by atoms with Crippen LogP contribution in [-0.2, 0) is 6.18 Å². The van der Waals surface area contributed by atoms with Crippen molar-refractivity contribution in [1.82, 2.24) is 9.97 Å². The Balaban J connectivity index is 1.88. The van der Waals surface area contributed by atoms with Gasteiger partial charge in [-0.2, -0.15) is 13.2 Å². The highest BCUT2D eigenvalue weighted by Crippen LogP contribution is 2.38. The van der Waals surface area contributed by atoms with E-state index in [9.17, 15) is 22.4 Å². The largest absolute Gasteiger partial charge is 0.419 e. The summed E-state index contributed by atoms with van der Waals surface area (Å²) in [6, 6.07) is 4.12. The Labute approximate surface area is 134 Å². The van der Waals surface area contributed by atoms with Gasteiger partial charge in [0.05, 0.1) is 11.3 Å². The van der Waals surface area contributed by atoms with Gasteiger partial charge in [-0.25, -0.2) is 14.4 Å². The van der Waals surface area contributed by atoms with E-state index < -0.39 is 29.2 Å². The van der Waals surface area contributed by atoms with Gasteiger partial charge in [0.15, 0.2) is 5.82 Å². The van der Waals surface area contributed by atoms with Crippen LogP contribution >= 0.6 is 0 Å². The van der Waals surface area contributed by atoms with Gasteiger partial charge in [-0.15, -0.1) is 0 Å². The van der Waals surface area contributed by atoms with Crippen molar-refractivity contribution in [3.05, 3.63) is 52.9 Å². The van der Waals surface area contributed by atoms with Crippen LogP contribution in [0.5, 0.6) is 0 Å². The molecule has 126 valence electrons. The van der Waals surface area contributed by atoms with Crippen molar-refractivity contribution >= 4 is 11.6 Å². The fourth-order valence-corrected chi connectivity index (χ4v) is 2.27. The van der Waals surface area contributed by atoms with Crippen molar-refractivity contribution in [2.75, 3.05) is 5.32 Å². The normalized spacial score (nSPS) is 14.5. The maximum atomic E-state index is 14.0. The molecule has 1 aliphatic carbocycles. The van der Waals surface area contributed by atoms with E-state index in [0.29, 0.717) is 17.6 Å². The number of nitrogens with zero attached hydrogens (tertiary/aromatic N) is 2. The Morgan fingerprint density at radius 3 is 2.58 bits per heavy atom. The highest BCUT2D eigenvalue weighted by Gasteiger charge is 2.35. The van der Waals surface area contributed by atoms with E-state index in [1.807, 2.05) is 0 Å². The Hall–Kier alpha value is -2.51. The molecule has 0 aliphatic heterocycles. The number of carbonyl (C=O) groups excluding carboxylic acids is 1. The predicted octanol–water partition coefficient (Wildman–Crippen LogP) is 4.07. The van der Waals surface area contributed by atoms with Crippen LogP contribution < -0.4 is 5.32 Å². The molecule has 1 aromatic carbocycles. The first-order valence-corrected chi connectivity index (χ1v) is 7.28. The van der Waals surface area contributed by atoms with Crippen LogP contribution in [-0.4, -0.2) is 15.9 Å². The number of benzene rings is 1. The summed E-state index contributed by atoms with van der Waals surface area (Å²) < 4.78 is 52.1. The molecule has 1 amide bonds. The molecule has 0 saturated heterocycles. The number of aromatic nitrogens is 2. The molecule has 0 radical (unpaired) electrons. The molecule has 1 saturated carbocycles. The standard InChI is InChI=1S/C16H13F4N3O/c1-8-7-12(22-14(21-8)9-5-6-9)15(24)23-11-4-2-3-10(13(11)17)16(18,19)20/h2-4,7,9H,5-6H2,1H3,(H,23,24). The zero-order chi connectivity index (χ0) is 17.5. The molecule has 1 heterocycles. The Morgan fingerprint density at radius 1 is 1.25 bits per heavy atom. The lowest BCUT2D eigenvalue weighted by molar-refractivity contribution is -0.139. The highest BCUT2D eigenvalue weighted by molar-refractivity contribution is 6.03. The molecule has 0 unspecified atom stereocenters. The van der Waals surface area contributed by atoms with Crippen molar-refractivity contribution in [2.45, 2.75) is 31.9 Å². The second-order valence-electron chi connectivity index (χ2n) is 5.65. The number of hydrogen-bond donors (Lipinski definition) is 1. The smallest absolute Gasteiger partial charge is 0.318 e. The molecular formula is C16H13F4N3O. The van der Waals surface area contributed by atoms with Crippen molar-refractivity contribution in [2.24, 2.45) is 0 Å². The van der Waals surface area contributed by atoms with Crippen molar-refractivity contribution in [3.8, 4) is 0 Å². The number of anilines is 1. The first-order chi connectivity index (χ1) is 11.3. The number of aryl methyl sites for hydroxylation is 1. The number of nitrogens with one attached hydrogen (secondary N) is 1. The van der Waals surface area contributed by atoms with Gasteiger partial charge in [0, 0.05) is 11.6 Å². The monoisotopic (exact) mass is 339 g/mol. The fourth-order valence-electron chi connectivity index (χ4n) is 2.27. The number of rotatable bonds is 3. The van der Waals surface area contributed by atoms with Crippen LogP contribution in [0.4, 0.5) is 23.2 Å². The molecule has 0 spiro atoms. The third-order valence-corrected chi connectivity index (χ3v) is 3.60. The van der Waals surface area contributed by atoms with E-state index in [1.54, 1.807) is 6.92 Å². The van der Waals surface area contributed by atoms with Gasteiger partial charge in [0.25, 0.3) is 5.91 Å². The molecule has 8 heteroatoms. The summed E-state index contributed by atoms with van der Waals surface area (Å²) in [5.74, 6) is -1.56. The lowest BCUT2D eigenvalue weighted by Crippen LogP contribution is -2.18. The van der Waals surface area contributed by atoms with Crippen LogP contribution in [0, 0.1) is 12.7 Å². The lowest BCUT2D eigenvalue weighted by Gasteiger charge is -2.12. The minimum atomic E-state index is -4.84. The molecule has 24 heavy (non-hydrogen) atoms. The number of alkyl halides is 3. The van der Waals surface area contributed by atoms with E-state index in [4.69, 9.17) is 0 Å². The average molecular weight is 339 g/mol. The number of carbonyl (C=O) groups is 1. The molecule has 1 aromatic heterocycles. The number of halogens is 4. The topological polar surface area (TPSA) is 54.9 Å². The van der Waals surface area contributed by atoms with Gasteiger partial charge in [0.2, 0.25) is 0 Å². The molecule has 1 fully saturated rings. The summed E-state index contributed by atoms with van der Waals surface area (Å²) in [4.78, 5) is 20.6. The molecule has 1 aliphatic rings. The molecule has 0 bridgehead atoms. The Kier molecular flexibility index (Phi) is 3.98. The molecule has 4 nitrogen and oxygen atoms in total. The average Bonchev–Trinajstić information content (AvgIpc) is 3.32. The van der Waals surface area contributed by atoms with Gasteiger partial charge in [0.1, 0.15) is 11.5 Å². The third-order valence-electron chi connectivity index (χ3n) is 3.60. The second-order valence-corrected chi connectivity index (χ2v) is 5.65. The molecule has 1 N–H and O–H groups in total. The molecule has 3 rings (SSSR count). The lowest BCUT2D eigenvalue weighted by atomic mass is 10.1. The first-order valence-electron chi connectivity index (χ1n) is 7.28. The summed E-state index contributed by atoms with van der Waals surface area (Å²) >= 11 is 0. The van der Waals surface area contributed by atoms with Crippen LogP contribution in [0.2, 0.25) is 0 Å². The summed E-state index contributed by atoms with van der Waals surface area (Å²) in [5.41, 5.74) is -1.40. The summed E-state index contributed by atoms with van der Waals surface area (Å²) in [6.07, 6.45) is -2.96. The molecular weight excluding hydrogens is 326 g/mol. The maximum Gasteiger partial charge on any atom is 0.419 e. The van der Waals surface area contributed by atoms with E-state index >= 15 is 0 Å². The van der Waals surface area contributed by atoms with E-state index in [0.717, 1.165) is 25.0 Å². The van der Waals surface area contributed by atoms with Crippen LogP contribution in [0.1, 0.15) is 46.3 Å². The van der Waals surface area contributed by atoms with Crippen LogP contribution in [0.3, 0.4) is 0 Å². The number of hydrogen-bond acceptors (Lipinski definition) is 3. The first kappa shape index (κ1) is 16.4. The molecule has 0 atom stereocenters. The summed E-state index contributed by atoms with van der Waals surface area (Å²) in [6.45, 7) is 1.69. The zero-order valence-electron chi connectivity index (χ0n) is 12.6. The maximum absolute atomic E-state index is 14.0. The van der Waals surface area contributed by atoms with Crippen molar-refractivity contribution in [1.29, 1.82) is 0 Å². The van der Waals surface area contributed by atoms with Gasteiger partial charge in [-0.05, 0) is 38.0 Å². The van der Waals surface area contributed by atoms with E-state index in [-0.39, 0.29) is 11.6 Å². The number of amides is 1. The van der Waals surface area contributed by atoms with Gasteiger partial charge in [-0.1, -0.05) is 6.07 Å². The van der Waals surface area contributed by atoms with E-state index in [1.165, 1.54) is 6.07 Å². The van der Waals surface area contributed by atoms with Gasteiger partial charge >= 0.3 is 6.18 Å². The predicted molar refractivity (Wildman–Crippen MR) is 78.1 cm³/mol. The quantitative estimate of drug-likeness (QED) is 0.858. The van der Waals surface area contributed by atoms with E-state index in [2.05, 4.69) is 15.3 Å². The minimum Gasteiger partial charge on any atom is -0.318 e. The second kappa shape index (κ2) is 5.85. The Bertz CT molecular complexity index is 800. The Morgan fingerprint density at radius 2 is 1.96 bits per heavy atom. The van der Waals surface area contributed by atoms with Gasteiger partial charge in [-0.3, -0.25) is 4.79 Å². The zero-order valence-corrected chi connectivity index (χ0v) is 12.6. The summed E-state index contributed by atoms with van der Waals surface area (Å²) in [5, 5.41) is 2.15. The molecule has 2 aromatic rings. The SMILES string of the molecule is Cc1cc(C(=O)Nc2cccc(C(F)(F)F)c2F)nc(C2CC2)n1. The van der Waals surface area contributed by atoms with Gasteiger partial charge < -0.3 is 5.32 Å². The van der Waals surface area contributed by atoms with Crippen molar-refractivity contribution in [3.63, 3.8) is 0 Å². The van der Waals surface area contributed by atoms with Crippen LogP contribution in [0.15, 0.2) is 24.3 Å². The van der Waals surface area contributed by atoms with Crippen LogP contribution in [0.25, 0.3) is 0 Å².